The van der Waals surface area contributed by atoms with Crippen molar-refractivity contribution in [3.8, 4) is 11.8 Å². The fourth-order valence-corrected chi connectivity index (χ4v) is 7.66. The number of aliphatic imine (C=N–C) groups is 1. The lowest BCUT2D eigenvalue weighted by Gasteiger charge is -2.42. The first-order valence-corrected chi connectivity index (χ1v) is 20.8. The Balaban J connectivity index is -0.000000426. The fourth-order valence-electron chi connectivity index (χ4n) is 7.66. The Hall–Kier alpha value is -1.30. The first kappa shape index (κ1) is 57.4. The highest BCUT2D eigenvalue weighted by Gasteiger charge is 2.45. The number of ether oxygens (including phenoxy) is 2. The standard InChI is InChI=1S/C24H45NO5.C10H20O.C4H6.C3H8.2C2H6/c1-10-18-11-19(26)16(4)21(30-9)15(3)13-23(6,28)12-14(2)20(25-8)17(5)22(27)24(18,7)29;1-5-10(4)6-7-11-9(3)8(10)2;1-3-4-2;1-3-2;2*1-2/h14-18,21-22,27-29H,10-13H2,1-9H3;8-9H,5-7H2,1-4H3;1-2H3;3H2,1-2H3;2*1-2H3/t14-,15-,16?,17?,18+,21+,22?,23-,24-;8-,9?,10+;;;;/m10..../s1. The molecule has 1 saturated carbocycles. The van der Waals surface area contributed by atoms with E-state index in [1.54, 1.807) is 21.1 Å². The van der Waals surface area contributed by atoms with Gasteiger partial charge in [0.25, 0.3) is 0 Å². The van der Waals surface area contributed by atoms with Crippen LogP contribution in [0.25, 0.3) is 0 Å². The number of aliphatic hydroxyl groups excluding tert-OH is 1. The van der Waals surface area contributed by atoms with Crippen molar-refractivity contribution in [3.63, 3.8) is 0 Å². The molecule has 1 aliphatic heterocycles. The van der Waals surface area contributed by atoms with Gasteiger partial charge in [0, 0.05) is 44.7 Å². The van der Waals surface area contributed by atoms with Crippen LogP contribution >= 0.6 is 0 Å². The number of hydrogen-bond acceptors (Lipinski definition) is 7. The summed E-state index contributed by atoms with van der Waals surface area (Å²) in [7, 11) is 3.29. The third-order valence-corrected chi connectivity index (χ3v) is 11.3. The molecule has 2 aliphatic rings. The maximum absolute atomic E-state index is 13.1. The summed E-state index contributed by atoms with van der Waals surface area (Å²) in [6.45, 7) is 39.1. The molecular weight excluding hydrogens is 650 g/mol. The normalized spacial score (nSPS) is 37.4. The lowest BCUT2D eigenvalue weighted by atomic mass is 9.70. The van der Waals surface area contributed by atoms with E-state index in [2.05, 4.69) is 58.4 Å². The minimum atomic E-state index is -1.44. The Morgan fingerprint density at radius 3 is 1.73 bits per heavy atom. The van der Waals surface area contributed by atoms with Crippen LogP contribution in [0.5, 0.6) is 0 Å². The minimum Gasteiger partial charge on any atom is -0.390 e. The predicted molar refractivity (Wildman–Crippen MR) is 226 cm³/mol. The zero-order valence-corrected chi connectivity index (χ0v) is 38.4. The first-order chi connectivity index (χ1) is 24.2. The third-order valence-electron chi connectivity index (χ3n) is 11.3. The molecule has 7 nitrogen and oxygen atoms in total. The molecule has 4 unspecified atom stereocenters. The molecule has 1 aliphatic carbocycles. The van der Waals surface area contributed by atoms with Gasteiger partial charge in [0.2, 0.25) is 0 Å². The van der Waals surface area contributed by atoms with Crippen LogP contribution in [0.15, 0.2) is 4.99 Å². The van der Waals surface area contributed by atoms with E-state index in [1.165, 1.54) is 19.3 Å². The molecule has 0 aromatic carbocycles. The maximum atomic E-state index is 13.1. The molecule has 312 valence electrons. The summed E-state index contributed by atoms with van der Waals surface area (Å²) in [6.07, 6.45) is 4.53. The van der Waals surface area contributed by atoms with E-state index in [1.807, 2.05) is 83.1 Å². The molecular formula is C45H91NO6. The monoisotopic (exact) mass is 742 g/mol. The lowest BCUT2D eigenvalue weighted by molar-refractivity contribution is -0.141. The molecule has 0 amide bonds. The van der Waals surface area contributed by atoms with Gasteiger partial charge in [-0.05, 0) is 83.0 Å². The van der Waals surface area contributed by atoms with Gasteiger partial charge in [0.15, 0.2) is 0 Å². The van der Waals surface area contributed by atoms with Crippen LogP contribution in [0, 0.1) is 52.8 Å². The molecule has 1 heterocycles. The van der Waals surface area contributed by atoms with Crippen molar-refractivity contribution in [3.05, 3.63) is 0 Å². The summed E-state index contributed by atoms with van der Waals surface area (Å²) in [6, 6.07) is 0. The number of hydrogen-bond donors (Lipinski definition) is 3. The van der Waals surface area contributed by atoms with Crippen LogP contribution in [0.2, 0.25) is 0 Å². The van der Waals surface area contributed by atoms with Gasteiger partial charge >= 0.3 is 0 Å². The van der Waals surface area contributed by atoms with E-state index in [-0.39, 0.29) is 42.0 Å². The van der Waals surface area contributed by atoms with Crippen molar-refractivity contribution in [2.45, 2.75) is 206 Å². The van der Waals surface area contributed by atoms with Crippen molar-refractivity contribution >= 4 is 11.5 Å². The van der Waals surface area contributed by atoms with Crippen molar-refractivity contribution in [1.29, 1.82) is 0 Å². The van der Waals surface area contributed by atoms with Crippen molar-refractivity contribution < 1.29 is 29.6 Å². The molecule has 7 heteroatoms. The van der Waals surface area contributed by atoms with Crippen molar-refractivity contribution in [1.82, 2.24) is 0 Å². The Labute approximate surface area is 324 Å². The molecule has 0 radical (unpaired) electrons. The lowest BCUT2D eigenvalue weighted by Crippen LogP contribution is -2.53. The smallest absolute Gasteiger partial charge is 0.138 e. The van der Waals surface area contributed by atoms with Gasteiger partial charge in [0.1, 0.15) is 5.78 Å². The second kappa shape index (κ2) is 30.0. The number of rotatable bonds is 3. The van der Waals surface area contributed by atoms with Crippen molar-refractivity contribution in [2.75, 3.05) is 20.8 Å². The number of methoxy groups -OCH3 is 1. The van der Waals surface area contributed by atoms with Gasteiger partial charge in [-0.25, -0.2) is 0 Å². The SMILES string of the molecule is CC.CC.CC#CC.CCC.CC[C@H]1CC(=O)C(C)[C@@H](OC)[C@H](C)C[C@](C)(O)C[C@@H](C)C(=NC)C(C)C(O)[C@]1(C)O.CC[C@]1(C)CCOC(C)[C@@H]1C. The second-order valence-corrected chi connectivity index (χ2v) is 15.5. The predicted octanol–water partition coefficient (Wildman–Crippen LogP) is 10.6. The van der Waals surface area contributed by atoms with E-state index in [9.17, 15) is 20.1 Å². The summed E-state index contributed by atoms with van der Waals surface area (Å²) in [5.41, 5.74) is -1.12. The first-order valence-electron chi connectivity index (χ1n) is 20.8. The Morgan fingerprint density at radius 2 is 1.37 bits per heavy atom. The van der Waals surface area contributed by atoms with Gasteiger partial charge in [-0.1, -0.05) is 116 Å². The van der Waals surface area contributed by atoms with Gasteiger partial charge < -0.3 is 24.8 Å². The number of carbonyl (C=O) groups is 1. The summed E-state index contributed by atoms with van der Waals surface area (Å²) in [4.78, 5) is 17.6. The highest BCUT2D eigenvalue weighted by molar-refractivity contribution is 5.89. The number of ketones is 1. The molecule has 2 fully saturated rings. The third kappa shape index (κ3) is 19.3. The van der Waals surface area contributed by atoms with E-state index in [0.717, 1.165) is 12.3 Å². The average molecular weight is 742 g/mol. The van der Waals surface area contributed by atoms with E-state index < -0.39 is 23.2 Å². The molecule has 12 atom stereocenters. The highest BCUT2D eigenvalue weighted by atomic mass is 16.5. The van der Waals surface area contributed by atoms with Crippen LogP contribution < -0.4 is 0 Å². The molecule has 0 spiro atoms. The summed E-state index contributed by atoms with van der Waals surface area (Å²) < 4.78 is 11.3. The molecule has 0 aromatic heterocycles. The second-order valence-electron chi connectivity index (χ2n) is 15.5. The number of carbonyl (C=O) groups excluding carboxylic acids is 1. The number of Topliss-reactive ketones (excluding diaryl/α,β-unsaturated/α-hetero) is 1. The zero-order valence-electron chi connectivity index (χ0n) is 38.4. The molecule has 2 rings (SSSR count). The van der Waals surface area contributed by atoms with Gasteiger partial charge in [-0.2, -0.15) is 0 Å². The van der Waals surface area contributed by atoms with Crippen LogP contribution in [-0.4, -0.2) is 77.1 Å². The quantitative estimate of drug-likeness (QED) is 0.249. The minimum absolute atomic E-state index is 0.00938. The molecule has 1 saturated heterocycles. The van der Waals surface area contributed by atoms with Crippen molar-refractivity contribution in [2.24, 2.45) is 45.9 Å². The molecule has 3 N–H and O–H groups in total. The highest BCUT2D eigenvalue weighted by Crippen LogP contribution is 2.41. The van der Waals surface area contributed by atoms with E-state index >= 15 is 0 Å². The fraction of sp³-hybridized carbons (Fsp3) is 0.911. The maximum Gasteiger partial charge on any atom is 0.138 e. The Kier molecular flexibility index (Phi) is 33.1. The number of nitrogens with zero attached hydrogens (tertiary/aromatic N) is 1. The topological polar surface area (TPSA) is 109 Å². The van der Waals surface area contributed by atoms with E-state index in [0.29, 0.717) is 36.7 Å². The summed E-state index contributed by atoms with van der Waals surface area (Å²) in [5, 5.41) is 33.6. The van der Waals surface area contributed by atoms with Gasteiger partial charge in [-0.15, -0.1) is 11.8 Å². The molecule has 52 heavy (non-hydrogen) atoms. The average Bonchev–Trinajstić information content (AvgIpc) is 3.11. The van der Waals surface area contributed by atoms with Crippen LogP contribution in [0.4, 0.5) is 0 Å². The van der Waals surface area contributed by atoms with Crippen LogP contribution in [0.1, 0.15) is 176 Å². The summed E-state index contributed by atoms with van der Waals surface area (Å²) >= 11 is 0. The largest absolute Gasteiger partial charge is 0.390 e. The van der Waals surface area contributed by atoms with Crippen LogP contribution in [0.3, 0.4) is 0 Å². The summed E-state index contributed by atoms with van der Waals surface area (Å²) in [5.74, 6) is 4.84. The van der Waals surface area contributed by atoms with Gasteiger partial charge in [0.05, 0.1) is 29.5 Å². The van der Waals surface area contributed by atoms with Crippen LogP contribution in [-0.2, 0) is 14.3 Å². The number of aliphatic hydroxyl groups is 3. The molecule has 0 aromatic rings. The molecule has 0 bridgehead atoms. The Bertz CT molecular complexity index is 976. The Morgan fingerprint density at radius 1 is 0.885 bits per heavy atom. The van der Waals surface area contributed by atoms with Gasteiger partial charge in [-0.3, -0.25) is 9.79 Å². The van der Waals surface area contributed by atoms with E-state index in [4.69, 9.17) is 9.47 Å². The zero-order chi connectivity index (χ0) is 42.0.